The summed E-state index contributed by atoms with van der Waals surface area (Å²) in [7, 11) is 1.62. The van der Waals surface area contributed by atoms with Gasteiger partial charge in [0.15, 0.2) is 0 Å². The molecular formula is C18H32N4O3. The summed E-state index contributed by atoms with van der Waals surface area (Å²) in [5, 5.41) is 4.56. The van der Waals surface area contributed by atoms with Crippen molar-refractivity contribution in [3.63, 3.8) is 0 Å². The minimum absolute atomic E-state index is 0.0647. The molecule has 0 unspecified atom stereocenters. The number of nitrogens with zero attached hydrogens (tertiary/aromatic N) is 4. The van der Waals surface area contributed by atoms with Crippen molar-refractivity contribution >= 4 is 5.91 Å². The van der Waals surface area contributed by atoms with Gasteiger partial charge in [-0.1, -0.05) is 13.8 Å². The number of carbonyl (C=O) groups excluding carboxylic acids is 1. The largest absolute Gasteiger partial charge is 0.383 e. The summed E-state index contributed by atoms with van der Waals surface area (Å²) in [4.78, 5) is 27.0. The van der Waals surface area contributed by atoms with Crippen LogP contribution in [-0.2, 0) is 22.6 Å². The molecule has 0 atom stereocenters. The first-order valence-corrected chi connectivity index (χ1v) is 9.52. The molecule has 2 rings (SSSR count). The Morgan fingerprint density at radius 1 is 1.24 bits per heavy atom. The molecule has 1 amide bonds. The SMILES string of the molecule is CCC(CC)C(=O)N1CCC(c2nn(CCOC)c(=O)n2CC)CC1. The molecule has 0 spiro atoms. The Morgan fingerprint density at radius 3 is 2.40 bits per heavy atom. The minimum Gasteiger partial charge on any atom is -0.383 e. The van der Waals surface area contributed by atoms with E-state index in [0.717, 1.165) is 44.6 Å². The predicted octanol–water partition coefficient (Wildman–Crippen LogP) is 1.85. The standard InChI is InChI=1S/C18H32N4O3/c1-5-14(6-2)17(23)20-10-8-15(9-11-20)16-19-22(12-13-25-4)18(24)21(16)7-3/h14-15H,5-13H2,1-4H3. The maximum atomic E-state index is 12.5. The molecule has 142 valence electrons. The first-order valence-electron chi connectivity index (χ1n) is 9.52. The number of amides is 1. The molecule has 1 saturated heterocycles. The molecule has 1 fully saturated rings. The van der Waals surface area contributed by atoms with Gasteiger partial charge < -0.3 is 9.64 Å². The lowest BCUT2D eigenvalue weighted by atomic mass is 9.93. The molecule has 1 aromatic heterocycles. The fraction of sp³-hybridized carbons (Fsp3) is 0.833. The van der Waals surface area contributed by atoms with Gasteiger partial charge in [0.2, 0.25) is 5.91 Å². The number of methoxy groups -OCH3 is 1. The average Bonchev–Trinajstić information content (AvgIpc) is 2.96. The van der Waals surface area contributed by atoms with Crippen molar-refractivity contribution < 1.29 is 9.53 Å². The highest BCUT2D eigenvalue weighted by molar-refractivity contribution is 5.78. The molecule has 7 heteroatoms. The average molecular weight is 352 g/mol. The molecule has 25 heavy (non-hydrogen) atoms. The maximum Gasteiger partial charge on any atom is 0.345 e. The smallest absolute Gasteiger partial charge is 0.345 e. The second kappa shape index (κ2) is 9.17. The van der Waals surface area contributed by atoms with E-state index >= 15 is 0 Å². The molecule has 0 bridgehead atoms. The highest BCUT2D eigenvalue weighted by Gasteiger charge is 2.30. The van der Waals surface area contributed by atoms with Gasteiger partial charge in [-0.25, -0.2) is 9.48 Å². The van der Waals surface area contributed by atoms with E-state index in [4.69, 9.17) is 4.74 Å². The predicted molar refractivity (Wildman–Crippen MR) is 96.7 cm³/mol. The van der Waals surface area contributed by atoms with Crippen molar-refractivity contribution in [1.29, 1.82) is 0 Å². The van der Waals surface area contributed by atoms with E-state index in [1.165, 1.54) is 4.68 Å². The fourth-order valence-corrected chi connectivity index (χ4v) is 3.63. The third-order valence-corrected chi connectivity index (χ3v) is 5.28. The molecule has 0 saturated carbocycles. The number of hydrogen-bond acceptors (Lipinski definition) is 4. The van der Waals surface area contributed by atoms with E-state index in [1.54, 1.807) is 11.7 Å². The van der Waals surface area contributed by atoms with Gasteiger partial charge in [-0.15, -0.1) is 0 Å². The lowest BCUT2D eigenvalue weighted by Crippen LogP contribution is -2.41. The maximum absolute atomic E-state index is 12.5. The van der Waals surface area contributed by atoms with Gasteiger partial charge in [-0.2, -0.15) is 5.10 Å². The first-order chi connectivity index (χ1) is 12.1. The summed E-state index contributed by atoms with van der Waals surface area (Å²) in [5.74, 6) is 1.51. The fourth-order valence-electron chi connectivity index (χ4n) is 3.63. The molecule has 2 heterocycles. The lowest BCUT2D eigenvalue weighted by molar-refractivity contribution is -0.136. The Hall–Kier alpha value is -1.63. The van der Waals surface area contributed by atoms with Gasteiger partial charge in [0.25, 0.3) is 0 Å². The van der Waals surface area contributed by atoms with Crippen LogP contribution in [0.2, 0.25) is 0 Å². The van der Waals surface area contributed by atoms with Crippen molar-refractivity contribution in [3.8, 4) is 0 Å². The second-order valence-electron chi connectivity index (χ2n) is 6.71. The number of piperidine rings is 1. The molecule has 1 aliphatic rings. The zero-order valence-corrected chi connectivity index (χ0v) is 16.0. The van der Waals surface area contributed by atoms with Crippen LogP contribution in [0.4, 0.5) is 0 Å². The van der Waals surface area contributed by atoms with Crippen LogP contribution in [0.1, 0.15) is 58.2 Å². The summed E-state index contributed by atoms with van der Waals surface area (Å²) in [6, 6.07) is 0. The summed E-state index contributed by atoms with van der Waals surface area (Å²) in [6.45, 7) is 9.19. The van der Waals surface area contributed by atoms with E-state index in [0.29, 0.717) is 19.7 Å². The highest BCUT2D eigenvalue weighted by atomic mass is 16.5. The van der Waals surface area contributed by atoms with Crippen LogP contribution in [0.3, 0.4) is 0 Å². The highest BCUT2D eigenvalue weighted by Crippen LogP contribution is 2.27. The normalized spacial score (nSPS) is 16.0. The van der Waals surface area contributed by atoms with Gasteiger partial charge in [0.05, 0.1) is 13.2 Å². The molecular weight excluding hydrogens is 320 g/mol. The number of carbonyl (C=O) groups is 1. The van der Waals surface area contributed by atoms with E-state index in [-0.39, 0.29) is 23.4 Å². The van der Waals surface area contributed by atoms with Crippen LogP contribution in [-0.4, -0.2) is 52.0 Å². The van der Waals surface area contributed by atoms with Gasteiger partial charge in [-0.05, 0) is 32.6 Å². The van der Waals surface area contributed by atoms with Crippen LogP contribution in [0, 0.1) is 5.92 Å². The Bertz CT molecular complexity index is 610. The van der Waals surface area contributed by atoms with Crippen LogP contribution in [0.25, 0.3) is 0 Å². The third-order valence-electron chi connectivity index (χ3n) is 5.28. The zero-order valence-electron chi connectivity index (χ0n) is 16.0. The van der Waals surface area contributed by atoms with Gasteiger partial charge >= 0.3 is 5.69 Å². The van der Waals surface area contributed by atoms with E-state index < -0.39 is 0 Å². The molecule has 0 N–H and O–H groups in total. The van der Waals surface area contributed by atoms with Crippen LogP contribution in [0.5, 0.6) is 0 Å². The van der Waals surface area contributed by atoms with E-state index in [2.05, 4.69) is 18.9 Å². The number of ether oxygens (including phenoxy) is 1. The van der Waals surface area contributed by atoms with Crippen LogP contribution >= 0.6 is 0 Å². The van der Waals surface area contributed by atoms with Crippen LogP contribution < -0.4 is 5.69 Å². The Kier molecular flexibility index (Phi) is 7.23. The van der Waals surface area contributed by atoms with Crippen molar-refractivity contribution in [2.45, 2.75) is 65.5 Å². The van der Waals surface area contributed by atoms with Gasteiger partial charge in [0, 0.05) is 38.6 Å². The summed E-state index contributed by atoms with van der Waals surface area (Å²) in [6.07, 6.45) is 3.53. The molecule has 1 aromatic rings. The molecule has 0 radical (unpaired) electrons. The second-order valence-corrected chi connectivity index (χ2v) is 6.71. The van der Waals surface area contributed by atoms with Crippen molar-refractivity contribution in [2.24, 2.45) is 5.92 Å². The third kappa shape index (κ3) is 4.32. The summed E-state index contributed by atoms with van der Waals surface area (Å²) < 4.78 is 8.33. The van der Waals surface area contributed by atoms with Crippen LogP contribution in [0.15, 0.2) is 4.79 Å². The van der Waals surface area contributed by atoms with E-state index in [1.807, 2.05) is 11.8 Å². The summed E-state index contributed by atoms with van der Waals surface area (Å²) in [5.41, 5.74) is -0.0647. The van der Waals surface area contributed by atoms with Crippen molar-refractivity contribution in [1.82, 2.24) is 19.2 Å². The minimum atomic E-state index is -0.0647. The van der Waals surface area contributed by atoms with Gasteiger partial charge in [0.1, 0.15) is 5.82 Å². The quantitative estimate of drug-likeness (QED) is 0.716. The zero-order chi connectivity index (χ0) is 18.4. The summed E-state index contributed by atoms with van der Waals surface area (Å²) >= 11 is 0. The molecule has 1 aliphatic heterocycles. The monoisotopic (exact) mass is 352 g/mol. The lowest BCUT2D eigenvalue weighted by Gasteiger charge is -2.33. The van der Waals surface area contributed by atoms with E-state index in [9.17, 15) is 9.59 Å². The Labute approximate surface area is 149 Å². The molecule has 0 aromatic carbocycles. The van der Waals surface area contributed by atoms with Crippen molar-refractivity contribution in [2.75, 3.05) is 26.8 Å². The van der Waals surface area contributed by atoms with Crippen molar-refractivity contribution in [3.05, 3.63) is 16.3 Å². The Balaban J connectivity index is 2.07. The van der Waals surface area contributed by atoms with Gasteiger partial charge in [-0.3, -0.25) is 9.36 Å². The number of aromatic nitrogens is 3. The first kappa shape index (κ1) is 19.7. The number of hydrogen-bond donors (Lipinski definition) is 0. The number of likely N-dealkylation sites (tertiary alicyclic amines) is 1. The topological polar surface area (TPSA) is 69.4 Å². The molecule has 7 nitrogen and oxygen atoms in total. The molecule has 0 aliphatic carbocycles. The number of rotatable bonds is 8. The Morgan fingerprint density at radius 2 is 1.88 bits per heavy atom.